The summed E-state index contributed by atoms with van der Waals surface area (Å²) in [7, 11) is 0. The molecule has 5 heteroatoms. The Balaban J connectivity index is 1.65. The van der Waals surface area contributed by atoms with Crippen molar-refractivity contribution in [3.05, 3.63) is 54.2 Å². The fourth-order valence-corrected chi connectivity index (χ4v) is 2.90. The van der Waals surface area contributed by atoms with Crippen molar-refractivity contribution in [2.75, 3.05) is 5.32 Å². The first-order chi connectivity index (χ1) is 11.5. The van der Waals surface area contributed by atoms with Gasteiger partial charge in [0.05, 0.1) is 29.2 Å². The highest BCUT2D eigenvalue weighted by Crippen LogP contribution is 2.35. The molecule has 24 heavy (non-hydrogen) atoms. The van der Waals surface area contributed by atoms with E-state index in [0.29, 0.717) is 23.6 Å². The molecule has 0 radical (unpaired) electrons. The summed E-state index contributed by atoms with van der Waals surface area (Å²) in [5, 5.41) is 3.21. The fourth-order valence-electron chi connectivity index (χ4n) is 2.90. The molecule has 0 amide bonds. The molecule has 0 bridgehead atoms. The van der Waals surface area contributed by atoms with Gasteiger partial charge in [-0.3, -0.25) is 9.78 Å². The second-order valence-corrected chi connectivity index (χ2v) is 6.54. The Bertz CT molecular complexity index is 950. The van der Waals surface area contributed by atoms with Crippen LogP contribution in [0, 0.1) is 0 Å². The Labute approximate surface area is 139 Å². The number of ketones is 1. The highest BCUT2D eigenvalue weighted by molar-refractivity contribution is 6.01. The SMILES string of the molecule is CC1(C)CC(=O)c2cc(Nc3cnc4ccccc4n3)ccc2O1. The van der Waals surface area contributed by atoms with Gasteiger partial charge in [0.15, 0.2) is 5.78 Å². The average molecular weight is 319 g/mol. The van der Waals surface area contributed by atoms with E-state index in [1.165, 1.54) is 0 Å². The first-order valence-corrected chi connectivity index (χ1v) is 7.85. The molecule has 0 saturated heterocycles. The molecular formula is C19H17N3O2. The second kappa shape index (κ2) is 5.30. The molecule has 120 valence electrons. The summed E-state index contributed by atoms with van der Waals surface area (Å²) in [6.07, 6.45) is 2.06. The first kappa shape index (κ1) is 14.6. The van der Waals surface area contributed by atoms with E-state index in [9.17, 15) is 4.79 Å². The van der Waals surface area contributed by atoms with Crippen molar-refractivity contribution >= 4 is 28.3 Å². The van der Waals surface area contributed by atoms with E-state index in [-0.39, 0.29) is 5.78 Å². The summed E-state index contributed by atoms with van der Waals surface area (Å²) >= 11 is 0. The van der Waals surface area contributed by atoms with Crippen molar-refractivity contribution in [2.45, 2.75) is 25.9 Å². The summed E-state index contributed by atoms with van der Waals surface area (Å²) < 4.78 is 5.88. The minimum Gasteiger partial charge on any atom is -0.487 e. The lowest BCUT2D eigenvalue weighted by molar-refractivity contribution is 0.0620. The normalized spacial score (nSPS) is 15.7. The Morgan fingerprint density at radius 2 is 1.92 bits per heavy atom. The Kier molecular flexibility index (Phi) is 3.23. The number of benzene rings is 2. The highest BCUT2D eigenvalue weighted by atomic mass is 16.5. The van der Waals surface area contributed by atoms with E-state index >= 15 is 0 Å². The lowest BCUT2D eigenvalue weighted by Gasteiger charge is -2.31. The maximum absolute atomic E-state index is 12.3. The van der Waals surface area contributed by atoms with Gasteiger partial charge in [-0.25, -0.2) is 4.98 Å². The minimum atomic E-state index is -0.456. The van der Waals surface area contributed by atoms with Crippen molar-refractivity contribution in [1.82, 2.24) is 9.97 Å². The Morgan fingerprint density at radius 1 is 1.12 bits per heavy atom. The summed E-state index contributed by atoms with van der Waals surface area (Å²) in [6.45, 7) is 3.84. The number of carbonyl (C=O) groups is 1. The summed E-state index contributed by atoms with van der Waals surface area (Å²) in [6, 6.07) is 13.2. The standard InChI is InChI=1S/C19H17N3O2/c1-19(2)10-16(23)13-9-12(7-8-17(13)24-19)21-18-11-20-14-5-3-4-6-15(14)22-18/h3-9,11H,10H2,1-2H3,(H,21,22). The number of nitrogens with zero attached hydrogens (tertiary/aromatic N) is 2. The van der Waals surface area contributed by atoms with Gasteiger partial charge in [0, 0.05) is 5.69 Å². The molecule has 0 fully saturated rings. The molecule has 0 saturated carbocycles. The van der Waals surface area contributed by atoms with Crippen LogP contribution in [-0.2, 0) is 0 Å². The van der Waals surface area contributed by atoms with Crippen LogP contribution in [0.25, 0.3) is 11.0 Å². The van der Waals surface area contributed by atoms with Crippen molar-refractivity contribution in [3.63, 3.8) is 0 Å². The van der Waals surface area contributed by atoms with Gasteiger partial charge in [-0.1, -0.05) is 12.1 Å². The van der Waals surface area contributed by atoms with Crippen molar-refractivity contribution in [1.29, 1.82) is 0 Å². The van der Waals surface area contributed by atoms with Crippen molar-refractivity contribution < 1.29 is 9.53 Å². The van der Waals surface area contributed by atoms with Gasteiger partial charge in [0.2, 0.25) is 0 Å². The van der Waals surface area contributed by atoms with E-state index < -0.39 is 5.60 Å². The van der Waals surface area contributed by atoms with Crippen LogP contribution in [0.2, 0.25) is 0 Å². The number of carbonyl (C=O) groups excluding carboxylic acids is 1. The van der Waals surface area contributed by atoms with Crippen LogP contribution in [0.4, 0.5) is 11.5 Å². The highest BCUT2D eigenvalue weighted by Gasteiger charge is 2.32. The number of anilines is 2. The van der Waals surface area contributed by atoms with Gasteiger partial charge < -0.3 is 10.1 Å². The molecule has 1 aliphatic heterocycles. The van der Waals surface area contributed by atoms with Gasteiger partial charge >= 0.3 is 0 Å². The minimum absolute atomic E-state index is 0.0921. The van der Waals surface area contributed by atoms with Gasteiger partial charge in [-0.05, 0) is 44.2 Å². The molecule has 1 aromatic heterocycles. The van der Waals surface area contributed by atoms with Crippen molar-refractivity contribution in [2.24, 2.45) is 0 Å². The number of fused-ring (bicyclic) bond motifs is 2. The topological polar surface area (TPSA) is 64.1 Å². The third-order valence-electron chi connectivity index (χ3n) is 3.97. The lowest BCUT2D eigenvalue weighted by Crippen LogP contribution is -2.35. The number of hydrogen-bond donors (Lipinski definition) is 1. The first-order valence-electron chi connectivity index (χ1n) is 7.85. The summed E-state index contributed by atoms with van der Waals surface area (Å²) in [5.74, 6) is 1.36. The molecule has 1 N–H and O–H groups in total. The number of hydrogen-bond acceptors (Lipinski definition) is 5. The molecule has 2 heterocycles. The summed E-state index contributed by atoms with van der Waals surface area (Å²) in [4.78, 5) is 21.3. The van der Waals surface area contributed by atoms with Gasteiger partial charge in [-0.2, -0.15) is 0 Å². The van der Waals surface area contributed by atoms with Crippen LogP contribution < -0.4 is 10.1 Å². The summed E-state index contributed by atoms with van der Waals surface area (Å²) in [5.41, 5.74) is 2.60. The largest absolute Gasteiger partial charge is 0.487 e. The molecule has 3 aromatic rings. The molecule has 1 aliphatic rings. The third kappa shape index (κ3) is 2.69. The monoisotopic (exact) mass is 319 g/mol. The zero-order valence-electron chi connectivity index (χ0n) is 13.5. The predicted molar refractivity (Wildman–Crippen MR) is 92.9 cm³/mol. The lowest BCUT2D eigenvalue weighted by atomic mass is 9.93. The van der Waals surface area contributed by atoms with E-state index in [2.05, 4.69) is 15.3 Å². The van der Waals surface area contributed by atoms with Gasteiger partial charge in [0.1, 0.15) is 17.2 Å². The van der Waals surface area contributed by atoms with Crippen LogP contribution in [0.15, 0.2) is 48.7 Å². The number of Topliss-reactive ketones (excluding diaryl/α,β-unsaturated/α-hetero) is 1. The van der Waals surface area contributed by atoms with E-state index in [1.807, 2.05) is 56.3 Å². The molecule has 0 atom stereocenters. The molecule has 0 spiro atoms. The predicted octanol–water partition coefficient (Wildman–Crippen LogP) is 4.12. The average Bonchev–Trinajstić information content (AvgIpc) is 2.54. The van der Waals surface area contributed by atoms with Crippen LogP contribution in [0.3, 0.4) is 0 Å². The number of aromatic nitrogens is 2. The Hall–Kier alpha value is -2.95. The zero-order valence-corrected chi connectivity index (χ0v) is 13.5. The van der Waals surface area contributed by atoms with Gasteiger partial charge in [0.25, 0.3) is 0 Å². The van der Waals surface area contributed by atoms with Crippen LogP contribution in [-0.4, -0.2) is 21.4 Å². The Morgan fingerprint density at radius 3 is 2.75 bits per heavy atom. The molecule has 0 aliphatic carbocycles. The number of nitrogens with one attached hydrogen (secondary N) is 1. The third-order valence-corrected chi connectivity index (χ3v) is 3.97. The molecule has 0 unspecified atom stereocenters. The zero-order chi connectivity index (χ0) is 16.7. The van der Waals surface area contributed by atoms with E-state index in [4.69, 9.17) is 4.74 Å². The van der Waals surface area contributed by atoms with E-state index in [0.717, 1.165) is 16.7 Å². The van der Waals surface area contributed by atoms with Gasteiger partial charge in [-0.15, -0.1) is 0 Å². The quantitative estimate of drug-likeness (QED) is 0.770. The fraction of sp³-hybridized carbons (Fsp3) is 0.211. The molecule has 2 aromatic carbocycles. The second-order valence-electron chi connectivity index (χ2n) is 6.54. The molecule has 5 nitrogen and oxygen atoms in total. The van der Waals surface area contributed by atoms with Crippen molar-refractivity contribution in [3.8, 4) is 5.75 Å². The van der Waals surface area contributed by atoms with E-state index in [1.54, 1.807) is 6.20 Å². The smallest absolute Gasteiger partial charge is 0.170 e. The maximum atomic E-state index is 12.3. The maximum Gasteiger partial charge on any atom is 0.170 e. The number of ether oxygens (including phenoxy) is 1. The molecular weight excluding hydrogens is 302 g/mol. The van der Waals surface area contributed by atoms with Crippen LogP contribution in [0.1, 0.15) is 30.6 Å². The van der Waals surface area contributed by atoms with Crippen LogP contribution >= 0.6 is 0 Å². The number of rotatable bonds is 2. The number of para-hydroxylation sites is 2. The molecule has 4 rings (SSSR count). The van der Waals surface area contributed by atoms with Crippen LogP contribution in [0.5, 0.6) is 5.75 Å².